The zero-order valence-corrected chi connectivity index (χ0v) is 17.4. The number of anilines is 2. The van der Waals surface area contributed by atoms with Crippen molar-refractivity contribution in [3.8, 4) is 11.5 Å². The van der Waals surface area contributed by atoms with Crippen LogP contribution in [0.5, 0.6) is 0 Å². The highest BCUT2D eigenvalue weighted by Crippen LogP contribution is 2.30. The largest absolute Gasteiger partial charge is 0.417 e. The lowest BCUT2D eigenvalue weighted by molar-refractivity contribution is -0.137. The maximum Gasteiger partial charge on any atom is 0.417 e. The van der Waals surface area contributed by atoms with Crippen molar-refractivity contribution >= 4 is 11.6 Å². The minimum atomic E-state index is -4.38. The minimum Gasteiger partial charge on any atom is -0.355 e. The van der Waals surface area contributed by atoms with Crippen LogP contribution in [0.3, 0.4) is 0 Å². The van der Waals surface area contributed by atoms with Gasteiger partial charge in [0.25, 0.3) is 0 Å². The summed E-state index contributed by atoms with van der Waals surface area (Å²) in [5.74, 6) is 2.01. The van der Waals surface area contributed by atoms with Gasteiger partial charge in [0.15, 0.2) is 5.82 Å². The van der Waals surface area contributed by atoms with Gasteiger partial charge in [0.05, 0.1) is 5.56 Å². The molecule has 0 N–H and O–H groups in total. The second kappa shape index (κ2) is 8.49. The molecule has 4 rings (SSSR count). The zero-order chi connectivity index (χ0) is 22.0. The highest BCUT2D eigenvalue weighted by Gasteiger charge is 2.31. The molecular formula is C22H23F3N6. The molecule has 0 spiro atoms. The maximum absolute atomic E-state index is 12.8. The first-order valence-corrected chi connectivity index (χ1v) is 10.1. The normalized spacial score (nSPS) is 15.1. The first-order valence-electron chi connectivity index (χ1n) is 10.1. The molecule has 0 unspecified atom stereocenters. The van der Waals surface area contributed by atoms with E-state index in [1.165, 1.54) is 6.07 Å². The molecule has 1 aliphatic heterocycles. The van der Waals surface area contributed by atoms with Gasteiger partial charge in [0.2, 0.25) is 0 Å². The summed E-state index contributed by atoms with van der Waals surface area (Å²) in [5, 5.41) is 0. The predicted molar refractivity (Wildman–Crippen MR) is 113 cm³/mol. The molecule has 162 valence electrons. The number of hydrogen-bond acceptors (Lipinski definition) is 6. The number of pyridine rings is 2. The Morgan fingerprint density at radius 2 is 1.65 bits per heavy atom. The van der Waals surface area contributed by atoms with Gasteiger partial charge >= 0.3 is 6.18 Å². The van der Waals surface area contributed by atoms with Gasteiger partial charge in [-0.05, 0) is 44.5 Å². The SMILES string of the molecule is Cc1nc(-c2ccccn2)nc(N2CCCN(c3ccc(C(F)(F)F)cn3)CC2)c1C. The van der Waals surface area contributed by atoms with E-state index in [2.05, 4.69) is 19.9 Å². The lowest BCUT2D eigenvalue weighted by atomic mass is 10.2. The van der Waals surface area contributed by atoms with Gasteiger partial charge in [-0.1, -0.05) is 6.07 Å². The van der Waals surface area contributed by atoms with Crippen molar-refractivity contribution in [2.24, 2.45) is 0 Å². The minimum absolute atomic E-state index is 0.555. The van der Waals surface area contributed by atoms with Crippen LogP contribution >= 0.6 is 0 Å². The molecule has 1 aliphatic rings. The Morgan fingerprint density at radius 1 is 0.871 bits per heavy atom. The second-order valence-corrected chi connectivity index (χ2v) is 7.53. The fraction of sp³-hybridized carbons (Fsp3) is 0.364. The van der Waals surface area contributed by atoms with E-state index < -0.39 is 11.7 Å². The van der Waals surface area contributed by atoms with Crippen molar-refractivity contribution in [1.29, 1.82) is 0 Å². The van der Waals surface area contributed by atoms with Crippen LogP contribution in [0.15, 0.2) is 42.7 Å². The van der Waals surface area contributed by atoms with Crippen LogP contribution in [0.4, 0.5) is 24.8 Å². The van der Waals surface area contributed by atoms with Gasteiger partial charge in [-0.25, -0.2) is 15.0 Å². The number of hydrogen-bond donors (Lipinski definition) is 0. The average Bonchev–Trinajstić information content (AvgIpc) is 3.02. The summed E-state index contributed by atoms with van der Waals surface area (Å²) in [6.07, 6.45) is -0.928. The number of alkyl halides is 3. The monoisotopic (exact) mass is 428 g/mol. The smallest absolute Gasteiger partial charge is 0.355 e. The Morgan fingerprint density at radius 3 is 2.32 bits per heavy atom. The van der Waals surface area contributed by atoms with Gasteiger partial charge < -0.3 is 9.80 Å². The summed E-state index contributed by atoms with van der Waals surface area (Å²) in [6, 6.07) is 8.17. The summed E-state index contributed by atoms with van der Waals surface area (Å²) in [7, 11) is 0. The molecule has 0 radical (unpaired) electrons. The van der Waals surface area contributed by atoms with Crippen LogP contribution in [-0.2, 0) is 6.18 Å². The van der Waals surface area contributed by atoms with E-state index >= 15 is 0 Å². The summed E-state index contributed by atoms with van der Waals surface area (Å²) in [5.41, 5.74) is 1.90. The lowest BCUT2D eigenvalue weighted by Gasteiger charge is -2.25. The van der Waals surface area contributed by atoms with E-state index in [0.29, 0.717) is 31.3 Å². The molecule has 0 saturated carbocycles. The molecule has 3 aromatic rings. The summed E-state index contributed by atoms with van der Waals surface area (Å²) in [6.45, 7) is 6.79. The third-order valence-corrected chi connectivity index (χ3v) is 5.45. The van der Waals surface area contributed by atoms with E-state index in [1.807, 2.05) is 36.9 Å². The van der Waals surface area contributed by atoms with Crippen molar-refractivity contribution < 1.29 is 13.2 Å². The van der Waals surface area contributed by atoms with E-state index in [0.717, 1.165) is 48.0 Å². The van der Waals surface area contributed by atoms with E-state index in [4.69, 9.17) is 4.98 Å². The standard InChI is InChI=1S/C22H23F3N6/c1-15-16(2)28-20(18-6-3-4-9-26-18)29-21(15)31-11-5-10-30(12-13-31)19-8-7-17(14-27-19)22(23,24)25/h3-4,6-9,14H,5,10-13H2,1-2H3. The molecular weight excluding hydrogens is 405 g/mol. The highest BCUT2D eigenvalue weighted by molar-refractivity contribution is 5.57. The third kappa shape index (κ3) is 4.60. The van der Waals surface area contributed by atoms with Crippen molar-refractivity contribution in [3.05, 3.63) is 59.5 Å². The zero-order valence-electron chi connectivity index (χ0n) is 17.4. The van der Waals surface area contributed by atoms with Crippen LogP contribution in [0.25, 0.3) is 11.5 Å². The number of nitrogens with zero attached hydrogens (tertiary/aromatic N) is 6. The van der Waals surface area contributed by atoms with Gasteiger partial charge in [0, 0.05) is 49.8 Å². The van der Waals surface area contributed by atoms with E-state index in [9.17, 15) is 13.2 Å². The van der Waals surface area contributed by atoms with Crippen molar-refractivity contribution in [2.75, 3.05) is 36.0 Å². The van der Waals surface area contributed by atoms with Gasteiger partial charge in [0.1, 0.15) is 17.3 Å². The number of rotatable bonds is 3. The van der Waals surface area contributed by atoms with Crippen molar-refractivity contribution in [3.63, 3.8) is 0 Å². The molecule has 1 saturated heterocycles. The van der Waals surface area contributed by atoms with E-state index in [-0.39, 0.29) is 0 Å². The van der Waals surface area contributed by atoms with Gasteiger partial charge in [-0.2, -0.15) is 13.2 Å². The number of aryl methyl sites for hydroxylation is 1. The Labute approximate surface area is 178 Å². The second-order valence-electron chi connectivity index (χ2n) is 7.53. The van der Waals surface area contributed by atoms with Crippen LogP contribution in [0, 0.1) is 13.8 Å². The quantitative estimate of drug-likeness (QED) is 0.621. The predicted octanol–water partition coefficient (Wildman–Crippen LogP) is 4.29. The van der Waals surface area contributed by atoms with Crippen molar-refractivity contribution in [2.45, 2.75) is 26.4 Å². The Bertz CT molecular complexity index is 1040. The molecule has 3 aromatic heterocycles. The fourth-order valence-corrected chi connectivity index (χ4v) is 3.63. The first kappa shape index (κ1) is 21.0. The van der Waals surface area contributed by atoms with Gasteiger partial charge in [-0.15, -0.1) is 0 Å². The Hall–Kier alpha value is -3.23. The van der Waals surface area contributed by atoms with E-state index in [1.54, 1.807) is 6.20 Å². The first-order chi connectivity index (χ1) is 14.8. The molecule has 6 nitrogen and oxygen atoms in total. The summed E-state index contributed by atoms with van der Waals surface area (Å²) in [4.78, 5) is 22.0. The molecule has 0 amide bonds. The highest BCUT2D eigenvalue weighted by atomic mass is 19.4. The molecule has 1 fully saturated rings. The summed E-state index contributed by atoms with van der Waals surface area (Å²) < 4.78 is 38.4. The molecule has 9 heteroatoms. The van der Waals surface area contributed by atoms with Gasteiger partial charge in [-0.3, -0.25) is 4.98 Å². The van der Waals surface area contributed by atoms with Crippen LogP contribution in [0.1, 0.15) is 23.2 Å². The Kier molecular flexibility index (Phi) is 5.75. The topological polar surface area (TPSA) is 58.0 Å². The fourth-order valence-electron chi connectivity index (χ4n) is 3.63. The molecule has 0 aromatic carbocycles. The van der Waals surface area contributed by atoms with Crippen LogP contribution in [0.2, 0.25) is 0 Å². The Balaban J connectivity index is 1.54. The number of halogens is 3. The molecule has 4 heterocycles. The molecule has 0 atom stereocenters. The number of aromatic nitrogens is 4. The molecule has 0 aliphatic carbocycles. The maximum atomic E-state index is 12.8. The van der Waals surface area contributed by atoms with Crippen molar-refractivity contribution in [1.82, 2.24) is 19.9 Å². The van der Waals surface area contributed by atoms with Crippen LogP contribution in [-0.4, -0.2) is 46.1 Å². The lowest BCUT2D eigenvalue weighted by Crippen LogP contribution is -2.32. The summed E-state index contributed by atoms with van der Waals surface area (Å²) >= 11 is 0. The molecule has 0 bridgehead atoms. The average molecular weight is 428 g/mol. The van der Waals surface area contributed by atoms with Crippen LogP contribution < -0.4 is 9.80 Å². The molecule has 31 heavy (non-hydrogen) atoms. The third-order valence-electron chi connectivity index (χ3n) is 5.45.